The van der Waals surface area contributed by atoms with E-state index in [1.54, 1.807) is 50.6 Å². The summed E-state index contributed by atoms with van der Waals surface area (Å²) in [7, 11) is 3.23. The third-order valence-corrected chi connectivity index (χ3v) is 9.47. The van der Waals surface area contributed by atoms with Crippen LogP contribution < -0.4 is 18.9 Å². The summed E-state index contributed by atoms with van der Waals surface area (Å²) in [5.41, 5.74) is 1.50. The van der Waals surface area contributed by atoms with Gasteiger partial charge in [-0.25, -0.2) is 0 Å². The van der Waals surface area contributed by atoms with E-state index in [0.717, 1.165) is 57.5 Å². The second kappa shape index (κ2) is 18.1. The van der Waals surface area contributed by atoms with Crippen LogP contribution in [0.3, 0.4) is 0 Å². The fourth-order valence-electron chi connectivity index (χ4n) is 6.72. The lowest BCUT2D eigenvalue weighted by atomic mass is 9.64. The molecule has 3 atom stereocenters. The number of hydrogen-bond donors (Lipinski definition) is 0. The Morgan fingerprint density at radius 3 is 1.50 bits per heavy atom. The van der Waals surface area contributed by atoms with E-state index in [9.17, 15) is 9.59 Å². The van der Waals surface area contributed by atoms with Crippen molar-refractivity contribution in [1.29, 1.82) is 0 Å². The van der Waals surface area contributed by atoms with Gasteiger partial charge in [-0.15, -0.1) is 0 Å². The summed E-state index contributed by atoms with van der Waals surface area (Å²) in [5.74, 6) is 4.25. The highest BCUT2D eigenvalue weighted by Gasteiger charge is 2.35. The van der Waals surface area contributed by atoms with E-state index >= 15 is 0 Å². The van der Waals surface area contributed by atoms with E-state index in [1.807, 2.05) is 0 Å². The Morgan fingerprint density at radius 2 is 1.11 bits per heavy atom. The first-order valence-corrected chi connectivity index (χ1v) is 16.5. The fraction of sp³-hybridized carbons (Fsp3) is 0.632. The van der Waals surface area contributed by atoms with Gasteiger partial charge in [-0.2, -0.15) is 0 Å². The van der Waals surface area contributed by atoms with Crippen molar-refractivity contribution < 1.29 is 28.5 Å². The summed E-state index contributed by atoms with van der Waals surface area (Å²) in [6.45, 7) is 17.8. The molecule has 2 aromatic carbocycles. The predicted molar refractivity (Wildman–Crippen MR) is 180 cm³/mol. The van der Waals surface area contributed by atoms with Crippen LogP contribution in [0.1, 0.15) is 121 Å². The molecular weight excluding hydrogens is 552 g/mol. The van der Waals surface area contributed by atoms with Crippen molar-refractivity contribution in [3.05, 3.63) is 47.5 Å². The van der Waals surface area contributed by atoms with Gasteiger partial charge in [-0.3, -0.25) is 9.59 Å². The van der Waals surface area contributed by atoms with Gasteiger partial charge in [0.15, 0.2) is 12.6 Å². The lowest BCUT2D eigenvalue weighted by Gasteiger charge is -2.42. The fourth-order valence-corrected chi connectivity index (χ4v) is 6.72. The average Bonchev–Trinajstić information content (AvgIpc) is 3.02. The van der Waals surface area contributed by atoms with Gasteiger partial charge < -0.3 is 18.9 Å². The normalized spacial score (nSPS) is 13.9. The van der Waals surface area contributed by atoms with Crippen LogP contribution in [0.4, 0.5) is 0 Å². The van der Waals surface area contributed by atoms with Crippen molar-refractivity contribution in [3.63, 3.8) is 0 Å². The van der Waals surface area contributed by atoms with Gasteiger partial charge in [0, 0.05) is 12.1 Å². The largest absolute Gasteiger partial charge is 0.497 e. The number of aldehydes is 2. The molecule has 2 aromatic rings. The van der Waals surface area contributed by atoms with Crippen LogP contribution in [0.25, 0.3) is 0 Å². The molecule has 0 saturated heterocycles. The van der Waals surface area contributed by atoms with Crippen LogP contribution in [-0.2, 0) is 0 Å². The molecule has 0 aliphatic carbocycles. The number of methoxy groups -OCH3 is 2. The minimum absolute atomic E-state index is 0.193. The van der Waals surface area contributed by atoms with E-state index in [0.29, 0.717) is 65.1 Å². The Balaban J connectivity index is 1.95. The van der Waals surface area contributed by atoms with E-state index < -0.39 is 0 Å². The average molecular weight is 611 g/mol. The Bertz CT molecular complexity index is 1150. The molecule has 0 aliphatic heterocycles. The molecule has 3 unspecified atom stereocenters. The molecule has 0 fully saturated rings. The monoisotopic (exact) mass is 610 g/mol. The quantitative estimate of drug-likeness (QED) is 0.124. The molecule has 0 radical (unpaired) electrons. The maximum atomic E-state index is 11.5. The van der Waals surface area contributed by atoms with Crippen molar-refractivity contribution >= 4 is 12.6 Å². The molecule has 0 bridgehead atoms. The van der Waals surface area contributed by atoms with Gasteiger partial charge in [0.25, 0.3) is 0 Å². The van der Waals surface area contributed by atoms with Gasteiger partial charge in [0.2, 0.25) is 0 Å². The molecule has 0 heterocycles. The zero-order chi connectivity index (χ0) is 32.8. The van der Waals surface area contributed by atoms with Crippen LogP contribution in [0.15, 0.2) is 36.4 Å². The van der Waals surface area contributed by atoms with Crippen molar-refractivity contribution in [2.24, 2.45) is 28.6 Å². The first kappa shape index (κ1) is 37.2. The summed E-state index contributed by atoms with van der Waals surface area (Å²) < 4.78 is 22.8. The Morgan fingerprint density at radius 1 is 0.659 bits per heavy atom. The summed E-state index contributed by atoms with van der Waals surface area (Å²) in [5, 5.41) is 0. The molecule has 0 amide bonds. The summed E-state index contributed by atoms with van der Waals surface area (Å²) in [6.07, 6.45) is 10.4. The second-order valence-electron chi connectivity index (χ2n) is 13.7. The van der Waals surface area contributed by atoms with Crippen LogP contribution in [0.2, 0.25) is 0 Å². The zero-order valence-electron chi connectivity index (χ0n) is 28.9. The number of hydrogen-bond acceptors (Lipinski definition) is 6. The minimum Gasteiger partial charge on any atom is -0.497 e. The number of carbonyl (C=O) groups excluding carboxylic acids is 2. The Hall–Kier alpha value is -3.02. The number of carbonyl (C=O) groups is 2. The zero-order valence-corrected chi connectivity index (χ0v) is 28.9. The van der Waals surface area contributed by atoms with E-state index in [2.05, 4.69) is 48.5 Å². The molecule has 0 spiro atoms. The first-order chi connectivity index (χ1) is 20.9. The van der Waals surface area contributed by atoms with Crippen molar-refractivity contribution in [3.8, 4) is 23.0 Å². The molecule has 6 heteroatoms. The first-order valence-electron chi connectivity index (χ1n) is 16.5. The smallest absolute Gasteiger partial charge is 0.153 e. The van der Waals surface area contributed by atoms with Crippen molar-refractivity contribution in [2.45, 2.75) is 99.8 Å². The second-order valence-corrected chi connectivity index (χ2v) is 13.7. The SMILES string of the molecule is CCC(CCOc1cc(OC)ccc1C=O)CC(C)(C)CC(CC)C(C)(C)CC(CC)CCOc1cc(OC)ccc1C=O. The number of benzene rings is 2. The molecule has 246 valence electrons. The molecule has 0 aromatic heterocycles. The maximum absolute atomic E-state index is 11.5. The van der Waals surface area contributed by atoms with Gasteiger partial charge in [-0.1, -0.05) is 67.7 Å². The molecular formula is C38H58O6. The van der Waals surface area contributed by atoms with E-state index in [1.165, 1.54) is 6.42 Å². The third-order valence-electron chi connectivity index (χ3n) is 9.47. The molecule has 0 aliphatic rings. The summed E-state index contributed by atoms with van der Waals surface area (Å²) in [6, 6.07) is 10.6. The molecule has 44 heavy (non-hydrogen) atoms. The summed E-state index contributed by atoms with van der Waals surface area (Å²) >= 11 is 0. The number of rotatable bonds is 22. The van der Waals surface area contributed by atoms with Gasteiger partial charge in [0.1, 0.15) is 23.0 Å². The van der Waals surface area contributed by atoms with Crippen LogP contribution in [0.5, 0.6) is 23.0 Å². The van der Waals surface area contributed by atoms with Gasteiger partial charge >= 0.3 is 0 Å². The standard InChI is InChI=1S/C38H58O6/c1-10-28(17-19-43-35-21-33(41-8)15-13-30(35)26-39)23-37(4,5)25-32(12-3)38(6,7)24-29(11-2)18-20-44-36-22-34(42-9)16-14-31(36)27-40/h13-16,21-22,26-29,32H,10-12,17-20,23-25H2,1-9H3. The highest BCUT2D eigenvalue weighted by atomic mass is 16.5. The van der Waals surface area contributed by atoms with Crippen LogP contribution in [0, 0.1) is 28.6 Å². The Labute approximate surface area is 267 Å². The molecule has 2 rings (SSSR count). The molecule has 0 saturated carbocycles. The van der Waals surface area contributed by atoms with Crippen molar-refractivity contribution in [1.82, 2.24) is 0 Å². The lowest BCUT2D eigenvalue weighted by Crippen LogP contribution is -2.32. The van der Waals surface area contributed by atoms with E-state index in [4.69, 9.17) is 18.9 Å². The van der Waals surface area contributed by atoms with Crippen molar-refractivity contribution in [2.75, 3.05) is 27.4 Å². The van der Waals surface area contributed by atoms with Gasteiger partial charge in [-0.05, 0) is 85.0 Å². The van der Waals surface area contributed by atoms with Crippen LogP contribution >= 0.6 is 0 Å². The Kier molecular flexibility index (Phi) is 15.3. The van der Waals surface area contributed by atoms with Gasteiger partial charge in [0.05, 0.1) is 38.6 Å². The highest BCUT2D eigenvalue weighted by Crippen LogP contribution is 2.46. The summed E-state index contributed by atoms with van der Waals surface area (Å²) in [4.78, 5) is 23.0. The minimum atomic E-state index is 0.193. The highest BCUT2D eigenvalue weighted by molar-refractivity contribution is 5.80. The third kappa shape index (κ3) is 11.5. The predicted octanol–water partition coefficient (Wildman–Crippen LogP) is 9.87. The lowest BCUT2D eigenvalue weighted by molar-refractivity contribution is 0.0838. The number of ether oxygens (including phenoxy) is 4. The molecule has 0 N–H and O–H groups in total. The van der Waals surface area contributed by atoms with E-state index in [-0.39, 0.29) is 10.8 Å². The maximum Gasteiger partial charge on any atom is 0.153 e. The van der Waals surface area contributed by atoms with Crippen LogP contribution in [-0.4, -0.2) is 40.0 Å². The topological polar surface area (TPSA) is 71.1 Å². The molecule has 6 nitrogen and oxygen atoms in total.